The molecule has 1 aromatic rings. The summed E-state index contributed by atoms with van der Waals surface area (Å²) >= 11 is 0. The molecule has 0 bridgehead atoms. The van der Waals surface area contributed by atoms with Crippen LogP contribution in [0.25, 0.3) is 0 Å². The smallest absolute Gasteiger partial charge is 0.191 e. The van der Waals surface area contributed by atoms with Crippen molar-refractivity contribution >= 4 is 5.96 Å². The third-order valence-corrected chi connectivity index (χ3v) is 4.76. The molecule has 0 radical (unpaired) electrons. The number of hydrogen-bond donors (Lipinski definition) is 2. The van der Waals surface area contributed by atoms with Crippen molar-refractivity contribution in [3.05, 3.63) is 12.2 Å². The summed E-state index contributed by atoms with van der Waals surface area (Å²) in [5, 5.41) is 14.9. The summed E-state index contributed by atoms with van der Waals surface area (Å²) in [5.74, 6) is 1.88. The van der Waals surface area contributed by atoms with Gasteiger partial charge in [0.2, 0.25) is 0 Å². The van der Waals surface area contributed by atoms with E-state index in [2.05, 4.69) is 37.3 Å². The Labute approximate surface area is 138 Å². The average Bonchev–Trinajstić information content (AvgIpc) is 2.99. The molecule has 2 N–H and O–H groups in total. The van der Waals surface area contributed by atoms with E-state index in [0.717, 1.165) is 50.9 Å². The Morgan fingerprint density at radius 1 is 1.43 bits per heavy atom. The number of ether oxygens (including phenoxy) is 1. The highest BCUT2D eigenvalue weighted by atomic mass is 16.5. The predicted molar refractivity (Wildman–Crippen MR) is 91.5 cm³/mol. The van der Waals surface area contributed by atoms with Gasteiger partial charge in [-0.05, 0) is 24.7 Å². The van der Waals surface area contributed by atoms with Crippen molar-refractivity contribution in [1.29, 1.82) is 0 Å². The molecule has 0 atom stereocenters. The van der Waals surface area contributed by atoms with Gasteiger partial charge in [0, 0.05) is 46.8 Å². The van der Waals surface area contributed by atoms with Crippen LogP contribution in [0.15, 0.2) is 11.3 Å². The molecule has 1 aliphatic carbocycles. The molecule has 1 heterocycles. The molecule has 23 heavy (non-hydrogen) atoms. The van der Waals surface area contributed by atoms with Crippen LogP contribution in [0.5, 0.6) is 0 Å². The highest BCUT2D eigenvalue weighted by Crippen LogP contribution is 2.43. The number of rotatable bonds is 9. The number of nitrogens with zero attached hydrogens (tertiary/aromatic N) is 4. The molecule has 1 aromatic heterocycles. The maximum atomic E-state index is 5.25. The standard InChI is InChI=1S/C16H30N6O/c1-4-14-21-20-13-22(14)10-9-18-15(17-2)19-12-16(6-5-7-16)8-11-23-3/h13H,4-12H2,1-3H3,(H2,17,18,19). The van der Waals surface area contributed by atoms with Gasteiger partial charge >= 0.3 is 0 Å². The number of guanidine groups is 1. The largest absolute Gasteiger partial charge is 0.385 e. The van der Waals surface area contributed by atoms with E-state index >= 15 is 0 Å². The van der Waals surface area contributed by atoms with Gasteiger partial charge in [0.15, 0.2) is 5.96 Å². The lowest BCUT2D eigenvalue weighted by Crippen LogP contribution is -2.47. The lowest BCUT2D eigenvalue weighted by molar-refractivity contribution is 0.0732. The van der Waals surface area contributed by atoms with Gasteiger partial charge in [0.25, 0.3) is 0 Å². The van der Waals surface area contributed by atoms with Crippen molar-refractivity contribution < 1.29 is 4.74 Å². The Bertz CT molecular complexity index is 495. The zero-order valence-corrected chi connectivity index (χ0v) is 14.6. The molecule has 0 aromatic carbocycles. The van der Waals surface area contributed by atoms with Crippen LogP contribution in [-0.2, 0) is 17.7 Å². The summed E-state index contributed by atoms with van der Waals surface area (Å²) in [6.45, 7) is 5.53. The van der Waals surface area contributed by atoms with Crippen LogP contribution in [0.4, 0.5) is 0 Å². The SMILES string of the molecule is CCc1nncn1CCNC(=NC)NCC1(CCOC)CCC1. The Hall–Kier alpha value is -1.63. The van der Waals surface area contributed by atoms with E-state index in [1.165, 1.54) is 19.3 Å². The van der Waals surface area contributed by atoms with E-state index in [9.17, 15) is 0 Å². The molecule has 1 aliphatic rings. The maximum absolute atomic E-state index is 5.25. The van der Waals surface area contributed by atoms with Crippen LogP contribution in [0.3, 0.4) is 0 Å². The summed E-state index contributed by atoms with van der Waals surface area (Å²) < 4.78 is 7.32. The lowest BCUT2D eigenvalue weighted by Gasteiger charge is -2.42. The Morgan fingerprint density at radius 3 is 2.87 bits per heavy atom. The van der Waals surface area contributed by atoms with Gasteiger partial charge in [-0.25, -0.2) is 0 Å². The molecule has 7 nitrogen and oxygen atoms in total. The van der Waals surface area contributed by atoms with E-state index in [1.807, 2.05) is 7.05 Å². The Balaban J connectivity index is 1.73. The minimum Gasteiger partial charge on any atom is -0.385 e. The van der Waals surface area contributed by atoms with Crippen molar-refractivity contribution in [2.45, 2.75) is 45.6 Å². The van der Waals surface area contributed by atoms with Crippen molar-refractivity contribution in [2.24, 2.45) is 10.4 Å². The van der Waals surface area contributed by atoms with Crippen molar-refractivity contribution in [3.8, 4) is 0 Å². The third-order valence-electron chi connectivity index (χ3n) is 4.76. The molecule has 0 saturated heterocycles. The van der Waals surface area contributed by atoms with Crippen LogP contribution in [0, 0.1) is 5.41 Å². The van der Waals surface area contributed by atoms with E-state index < -0.39 is 0 Å². The summed E-state index contributed by atoms with van der Waals surface area (Å²) in [7, 11) is 3.59. The number of aromatic nitrogens is 3. The normalized spacial score (nSPS) is 16.9. The minimum atomic E-state index is 0.386. The van der Waals surface area contributed by atoms with Crippen LogP contribution < -0.4 is 10.6 Å². The maximum Gasteiger partial charge on any atom is 0.191 e. The fourth-order valence-electron chi connectivity index (χ4n) is 3.04. The van der Waals surface area contributed by atoms with E-state index in [0.29, 0.717) is 5.41 Å². The zero-order chi connectivity index (χ0) is 16.5. The summed E-state index contributed by atoms with van der Waals surface area (Å²) in [5.41, 5.74) is 0.386. The van der Waals surface area contributed by atoms with Gasteiger partial charge in [-0.1, -0.05) is 13.3 Å². The molecule has 0 aliphatic heterocycles. The second-order valence-electron chi connectivity index (χ2n) is 6.24. The van der Waals surface area contributed by atoms with Crippen molar-refractivity contribution in [3.63, 3.8) is 0 Å². The molecule has 0 spiro atoms. The molecular weight excluding hydrogens is 292 g/mol. The van der Waals surface area contributed by atoms with Crippen molar-refractivity contribution in [2.75, 3.05) is 33.9 Å². The predicted octanol–water partition coefficient (Wildman–Crippen LogP) is 1.21. The van der Waals surface area contributed by atoms with Crippen LogP contribution >= 0.6 is 0 Å². The molecule has 1 fully saturated rings. The van der Waals surface area contributed by atoms with Crippen molar-refractivity contribution in [1.82, 2.24) is 25.4 Å². The molecule has 0 amide bonds. The van der Waals surface area contributed by atoms with Gasteiger partial charge in [0.1, 0.15) is 12.2 Å². The number of hydrogen-bond acceptors (Lipinski definition) is 4. The first kappa shape index (κ1) is 17.7. The molecule has 7 heteroatoms. The summed E-state index contributed by atoms with van der Waals surface area (Å²) in [6, 6.07) is 0. The summed E-state index contributed by atoms with van der Waals surface area (Å²) in [4.78, 5) is 4.31. The highest BCUT2D eigenvalue weighted by Gasteiger charge is 2.36. The number of methoxy groups -OCH3 is 1. The second kappa shape index (κ2) is 8.86. The molecule has 2 rings (SSSR count). The Morgan fingerprint density at radius 2 is 2.26 bits per heavy atom. The van der Waals surface area contributed by atoms with Gasteiger partial charge in [0.05, 0.1) is 0 Å². The number of aliphatic imine (C=N–C) groups is 1. The van der Waals surface area contributed by atoms with Gasteiger partial charge in [-0.2, -0.15) is 0 Å². The first-order chi connectivity index (χ1) is 11.2. The van der Waals surface area contributed by atoms with E-state index in [-0.39, 0.29) is 0 Å². The Kier molecular flexibility index (Phi) is 6.83. The highest BCUT2D eigenvalue weighted by molar-refractivity contribution is 5.79. The number of nitrogens with one attached hydrogen (secondary N) is 2. The zero-order valence-electron chi connectivity index (χ0n) is 14.6. The van der Waals surface area contributed by atoms with Crippen LogP contribution in [0.1, 0.15) is 38.4 Å². The van der Waals surface area contributed by atoms with Gasteiger partial charge in [-0.3, -0.25) is 4.99 Å². The van der Waals surface area contributed by atoms with Crippen LogP contribution in [-0.4, -0.2) is 54.6 Å². The third kappa shape index (κ3) is 4.92. The monoisotopic (exact) mass is 322 g/mol. The number of aryl methyl sites for hydroxylation is 1. The topological polar surface area (TPSA) is 76.4 Å². The van der Waals surface area contributed by atoms with Gasteiger partial charge in [-0.15, -0.1) is 10.2 Å². The first-order valence-electron chi connectivity index (χ1n) is 8.53. The molecular formula is C16H30N6O. The fourth-order valence-corrected chi connectivity index (χ4v) is 3.04. The van der Waals surface area contributed by atoms with Crippen LogP contribution in [0.2, 0.25) is 0 Å². The first-order valence-corrected chi connectivity index (χ1v) is 8.53. The lowest BCUT2D eigenvalue weighted by atomic mass is 9.67. The van der Waals surface area contributed by atoms with E-state index in [1.54, 1.807) is 13.4 Å². The fraction of sp³-hybridized carbons (Fsp3) is 0.812. The quantitative estimate of drug-likeness (QED) is 0.528. The van der Waals surface area contributed by atoms with Gasteiger partial charge < -0.3 is 19.9 Å². The average molecular weight is 322 g/mol. The van der Waals surface area contributed by atoms with E-state index in [4.69, 9.17) is 4.74 Å². The molecule has 130 valence electrons. The molecule has 1 saturated carbocycles. The second-order valence-corrected chi connectivity index (χ2v) is 6.24. The molecule has 0 unspecified atom stereocenters. The summed E-state index contributed by atoms with van der Waals surface area (Å²) in [6.07, 6.45) is 7.68. The minimum absolute atomic E-state index is 0.386.